The summed E-state index contributed by atoms with van der Waals surface area (Å²) in [6.45, 7) is 4.75. The van der Waals surface area contributed by atoms with Gasteiger partial charge in [-0.15, -0.1) is 5.10 Å². The molecule has 0 aliphatic carbocycles. The maximum atomic E-state index is 10.4. The standard InChI is InChI=1S/C13H16ClN3O/c1-3-6-17-12(8-15-16-17)13(18)10-5-4-9(2)7-11(10)14/h4-5,7-8,13,18H,3,6H2,1-2H3. The van der Waals surface area contributed by atoms with Crippen LogP contribution in [0.15, 0.2) is 24.4 Å². The molecule has 1 unspecified atom stereocenters. The molecule has 0 bridgehead atoms. The monoisotopic (exact) mass is 265 g/mol. The maximum absolute atomic E-state index is 10.4. The van der Waals surface area contributed by atoms with E-state index in [1.165, 1.54) is 0 Å². The van der Waals surface area contributed by atoms with Crippen molar-refractivity contribution in [1.82, 2.24) is 15.0 Å². The summed E-state index contributed by atoms with van der Waals surface area (Å²) in [6.07, 6.45) is 1.72. The number of aliphatic hydroxyl groups excluding tert-OH is 1. The summed E-state index contributed by atoms with van der Waals surface area (Å²) < 4.78 is 1.71. The molecular formula is C13H16ClN3O. The zero-order chi connectivity index (χ0) is 13.1. The van der Waals surface area contributed by atoms with Crippen molar-refractivity contribution in [2.24, 2.45) is 0 Å². The number of aromatic nitrogens is 3. The van der Waals surface area contributed by atoms with Crippen LogP contribution in [0.5, 0.6) is 0 Å². The lowest BCUT2D eigenvalue weighted by molar-refractivity contribution is 0.207. The summed E-state index contributed by atoms with van der Waals surface area (Å²) in [7, 11) is 0. The number of rotatable bonds is 4. The minimum atomic E-state index is -0.792. The van der Waals surface area contributed by atoms with Gasteiger partial charge >= 0.3 is 0 Å². The molecule has 18 heavy (non-hydrogen) atoms. The summed E-state index contributed by atoms with van der Waals surface area (Å²) in [5, 5.41) is 18.7. The molecule has 0 amide bonds. The van der Waals surface area contributed by atoms with E-state index in [1.54, 1.807) is 10.9 Å². The molecule has 2 aromatic rings. The molecule has 0 radical (unpaired) electrons. The number of aryl methyl sites for hydroxylation is 2. The summed E-state index contributed by atoms with van der Waals surface area (Å²) >= 11 is 6.16. The number of benzene rings is 1. The SMILES string of the molecule is CCCn1nncc1C(O)c1ccc(C)cc1Cl. The highest BCUT2D eigenvalue weighted by molar-refractivity contribution is 6.31. The average molecular weight is 266 g/mol. The van der Waals surface area contributed by atoms with E-state index in [1.807, 2.05) is 25.1 Å². The molecule has 1 N–H and O–H groups in total. The highest BCUT2D eigenvalue weighted by atomic mass is 35.5. The minimum absolute atomic E-state index is 0.562. The highest BCUT2D eigenvalue weighted by Gasteiger charge is 2.18. The van der Waals surface area contributed by atoms with E-state index in [2.05, 4.69) is 17.2 Å². The van der Waals surface area contributed by atoms with Crippen LogP contribution in [-0.2, 0) is 6.54 Å². The van der Waals surface area contributed by atoms with Gasteiger partial charge in [-0.3, -0.25) is 0 Å². The van der Waals surface area contributed by atoms with Gasteiger partial charge < -0.3 is 5.11 Å². The van der Waals surface area contributed by atoms with E-state index in [9.17, 15) is 5.11 Å². The third-order valence-electron chi connectivity index (χ3n) is 2.81. The second-order valence-corrected chi connectivity index (χ2v) is 4.72. The number of hydrogen-bond acceptors (Lipinski definition) is 3. The zero-order valence-corrected chi connectivity index (χ0v) is 11.2. The molecule has 0 fully saturated rings. The molecule has 1 atom stereocenters. The van der Waals surface area contributed by atoms with Gasteiger partial charge in [0.1, 0.15) is 6.10 Å². The van der Waals surface area contributed by atoms with Crippen LogP contribution in [0, 0.1) is 6.92 Å². The van der Waals surface area contributed by atoms with E-state index in [4.69, 9.17) is 11.6 Å². The number of aliphatic hydroxyl groups is 1. The van der Waals surface area contributed by atoms with Crippen LogP contribution >= 0.6 is 11.6 Å². The van der Waals surface area contributed by atoms with Gasteiger partial charge in [0, 0.05) is 17.1 Å². The molecule has 2 rings (SSSR count). The van der Waals surface area contributed by atoms with Crippen LogP contribution in [0.25, 0.3) is 0 Å². The maximum Gasteiger partial charge on any atom is 0.124 e. The van der Waals surface area contributed by atoms with Gasteiger partial charge in [0.25, 0.3) is 0 Å². The molecule has 0 saturated carbocycles. The Morgan fingerprint density at radius 1 is 1.44 bits per heavy atom. The molecule has 0 spiro atoms. The lowest BCUT2D eigenvalue weighted by atomic mass is 10.1. The van der Waals surface area contributed by atoms with Crippen LogP contribution in [0.2, 0.25) is 5.02 Å². The largest absolute Gasteiger partial charge is 0.382 e. The second kappa shape index (κ2) is 5.50. The Kier molecular flexibility index (Phi) is 3.99. The molecule has 96 valence electrons. The molecule has 1 aromatic carbocycles. The Morgan fingerprint density at radius 2 is 2.22 bits per heavy atom. The van der Waals surface area contributed by atoms with Gasteiger partial charge in [-0.25, -0.2) is 4.68 Å². The quantitative estimate of drug-likeness (QED) is 0.925. The molecule has 4 nitrogen and oxygen atoms in total. The van der Waals surface area contributed by atoms with Crippen molar-refractivity contribution in [3.05, 3.63) is 46.2 Å². The smallest absolute Gasteiger partial charge is 0.124 e. The van der Waals surface area contributed by atoms with Crippen molar-refractivity contribution in [2.75, 3.05) is 0 Å². The fraction of sp³-hybridized carbons (Fsp3) is 0.385. The Balaban J connectivity index is 2.35. The van der Waals surface area contributed by atoms with Gasteiger partial charge in [0.2, 0.25) is 0 Å². The van der Waals surface area contributed by atoms with Crippen molar-refractivity contribution < 1.29 is 5.11 Å². The van der Waals surface area contributed by atoms with E-state index in [0.717, 1.165) is 18.5 Å². The van der Waals surface area contributed by atoms with Crippen molar-refractivity contribution in [1.29, 1.82) is 0 Å². The molecule has 0 saturated heterocycles. The Hall–Kier alpha value is -1.39. The van der Waals surface area contributed by atoms with Crippen molar-refractivity contribution in [2.45, 2.75) is 32.9 Å². The first-order valence-electron chi connectivity index (χ1n) is 5.96. The lowest BCUT2D eigenvalue weighted by Crippen LogP contribution is -2.10. The van der Waals surface area contributed by atoms with E-state index in [0.29, 0.717) is 16.3 Å². The van der Waals surface area contributed by atoms with Gasteiger partial charge in [0.05, 0.1) is 11.9 Å². The summed E-state index contributed by atoms with van der Waals surface area (Å²) in [4.78, 5) is 0. The third-order valence-corrected chi connectivity index (χ3v) is 3.14. The number of hydrogen-bond donors (Lipinski definition) is 1. The van der Waals surface area contributed by atoms with Gasteiger partial charge in [0.15, 0.2) is 0 Å². The first kappa shape index (κ1) is 13.1. The predicted octanol–water partition coefficient (Wildman–Crippen LogP) is 2.73. The predicted molar refractivity (Wildman–Crippen MR) is 70.6 cm³/mol. The fourth-order valence-electron chi connectivity index (χ4n) is 1.88. The van der Waals surface area contributed by atoms with Gasteiger partial charge in [-0.05, 0) is 25.0 Å². The first-order valence-corrected chi connectivity index (χ1v) is 6.33. The summed E-state index contributed by atoms with van der Waals surface area (Å²) in [5.74, 6) is 0. The summed E-state index contributed by atoms with van der Waals surface area (Å²) in [6, 6.07) is 5.61. The van der Waals surface area contributed by atoms with Crippen molar-refractivity contribution >= 4 is 11.6 Å². The van der Waals surface area contributed by atoms with Crippen LogP contribution in [0.1, 0.15) is 36.3 Å². The van der Waals surface area contributed by atoms with Crippen LogP contribution in [0.4, 0.5) is 0 Å². The highest BCUT2D eigenvalue weighted by Crippen LogP contribution is 2.28. The number of halogens is 1. The fourth-order valence-corrected chi connectivity index (χ4v) is 2.21. The van der Waals surface area contributed by atoms with E-state index in [-0.39, 0.29) is 0 Å². The molecular weight excluding hydrogens is 250 g/mol. The molecule has 1 aromatic heterocycles. The van der Waals surface area contributed by atoms with Crippen LogP contribution in [0.3, 0.4) is 0 Å². The van der Waals surface area contributed by atoms with Gasteiger partial charge in [-0.1, -0.05) is 35.9 Å². The van der Waals surface area contributed by atoms with Crippen molar-refractivity contribution in [3.63, 3.8) is 0 Å². The van der Waals surface area contributed by atoms with E-state index >= 15 is 0 Å². The van der Waals surface area contributed by atoms with Crippen LogP contribution < -0.4 is 0 Å². The summed E-state index contributed by atoms with van der Waals surface area (Å²) in [5.41, 5.74) is 2.42. The molecule has 0 aliphatic rings. The Labute approximate surface area is 111 Å². The topological polar surface area (TPSA) is 50.9 Å². The Morgan fingerprint density at radius 3 is 2.89 bits per heavy atom. The average Bonchev–Trinajstić information content (AvgIpc) is 2.77. The van der Waals surface area contributed by atoms with E-state index < -0.39 is 6.10 Å². The molecule has 1 heterocycles. The van der Waals surface area contributed by atoms with Crippen molar-refractivity contribution in [3.8, 4) is 0 Å². The number of nitrogens with zero attached hydrogens (tertiary/aromatic N) is 3. The normalized spacial score (nSPS) is 12.7. The zero-order valence-electron chi connectivity index (χ0n) is 10.5. The minimum Gasteiger partial charge on any atom is -0.382 e. The lowest BCUT2D eigenvalue weighted by Gasteiger charge is -2.14. The molecule has 5 heteroatoms. The third kappa shape index (κ3) is 2.54. The van der Waals surface area contributed by atoms with Crippen LogP contribution in [-0.4, -0.2) is 20.1 Å². The van der Waals surface area contributed by atoms with Gasteiger partial charge in [-0.2, -0.15) is 0 Å². The first-order chi connectivity index (χ1) is 8.63. The molecule has 0 aliphatic heterocycles. The Bertz CT molecular complexity index is 539. The second-order valence-electron chi connectivity index (χ2n) is 4.31.